The van der Waals surface area contributed by atoms with Gasteiger partial charge in [0.25, 0.3) is 5.91 Å². The van der Waals surface area contributed by atoms with Crippen molar-refractivity contribution in [1.29, 1.82) is 0 Å². The molecular formula is C25H30Cl2N2O3. The van der Waals surface area contributed by atoms with Crippen molar-refractivity contribution in [1.82, 2.24) is 10.2 Å². The Morgan fingerprint density at radius 2 is 1.84 bits per heavy atom. The monoisotopic (exact) mass is 476 g/mol. The molecule has 1 atom stereocenters. The van der Waals surface area contributed by atoms with Crippen LogP contribution in [0.2, 0.25) is 10.0 Å². The highest BCUT2D eigenvalue weighted by Crippen LogP contribution is 2.24. The lowest BCUT2D eigenvalue weighted by atomic mass is 9.95. The molecule has 0 aromatic heterocycles. The van der Waals surface area contributed by atoms with E-state index in [9.17, 15) is 9.59 Å². The summed E-state index contributed by atoms with van der Waals surface area (Å²) < 4.78 is 5.77. The first-order valence-electron chi connectivity index (χ1n) is 11.1. The molecule has 3 rings (SSSR count). The summed E-state index contributed by atoms with van der Waals surface area (Å²) >= 11 is 12.4. The van der Waals surface area contributed by atoms with Crippen LogP contribution in [0.1, 0.15) is 50.2 Å². The van der Waals surface area contributed by atoms with E-state index in [2.05, 4.69) is 5.32 Å². The van der Waals surface area contributed by atoms with Crippen molar-refractivity contribution >= 4 is 35.0 Å². The van der Waals surface area contributed by atoms with Crippen LogP contribution < -0.4 is 10.1 Å². The van der Waals surface area contributed by atoms with Crippen LogP contribution >= 0.6 is 23.2 Å². The average Bonchev–Trinajstić information content (AvgIpc) is 2.78. The van der Waals surface area contributed by atoms with Crippen LogP contribution in [-0.4, -0.2) is 35.4 Å². The Morgan fingerprint density at radius 1 is 1.12 bits per heavy atom. The van der Waals surface area contributed by atoms with Gasteiger partial charge in [-0.3, -0.25) is 9.59 Å². The molecule has 0 saturated heterocycles. The molecule has 1 saturated carbocycles. The molecule has 0 aliphatic heterocycles. The second-order valence-corrected chi connectivity index (χ2v) is 9.17. The van der Waals surface area contributed by atoms with Crippen LogP contribution in [0.25, 0.3) is 0 Å². The fourth-order valence-electron chi connectivity index (χ4n) is 3.93. The van der Waals surface area contributed by atoms with Gasteiger partial charge in [-0.2, -0.15) is 0 Å². The summed E-state index contributed by atoms with van der Waals surface area (Å²) in [7, 11) is 0. The predicted molar refractivity (Wildman–Crippen MR) is 128 cm³/mol. The van der Waals surface area contributed by atoms with Crippen LogP contribution in [0.15, 0.2) is 42.5 Å². The van der Waals surface area contributed by atoms with Gasteiger partial charge in [0.1, 0.15) is 11.8 Å². The first-order valence-corrected chi connectivity index (χ1v) is 11.8. The largest absolute Gasteiger partial charge is 0.484 e. The lowest BCUT2D eigenvalue weighted by Crippen LogP contribution is -2.51. The molecule has 1 aliphatic rings. The Morgan fingerprint density at radius 3 is 2.53 bits per heavy atom. The summed E-state index contributed by atoms with van der Waals surface area (Å²) in [6.45, 7) is 3.68. The zero-order valence-electron chi connectivity index (χ0n) is 18.6. The molecule has 7 heteroatoms. The van der Waals surface area contributed by atoms with E-state index >= 15 is 0 Å². The van der Waals surface area contributed by atoms with E-state index in [-0.39, 0.29) is 31.0 Å². The molecule has 2 amide bonds. The molecule has 2 aromatic rings. The van der Waals surface area contributed by atoms with Crippen molar-refractivity contribution in [2.75, 3.05) is 6.61 Å². The number of hydrogen-bond acceptors (Lipinski definition) is 3. The molecule has 0 radical (unpaired) electrons. The summed E-state index contributed by atoms with van der Waals surface area (Å²) in [5.74, 6) is 0.196. The zero-order chi connectivity index (χ0) is 23.1. The molecule has 2 aromatic carbocycles. The van der Waals surface area contributed by atoms with Crippen LogP contribution in [0, 0.1) is 6.92 Å². The topological polar surface area (TPSA) is 58.6 Å². The third kappa shape index (κ3) is 6.63. The van der Waals surface area contributed by atoms with Gasteiger partial charge in [0.2, 0.25) is 5.91 Å². The molecule has 1 unspecified atom stereocenters. The van der Waals surface area contributed by atoms with Crippen molar-refractivity contribution in [3.8, 4) is 5.75 Å². The van der Waals surface area contributed by atoms with Crippen molar-refractivity contribution in [3.63, 3.8) is 0 Å². The first-order chi connectivity index (χ1) is 15.3. The van der Waals surface area contributed by atoms with Crippen LogP contribution in [0.5, 0.6) is 5.75 Å². The lowest BCUT2D eigenvalue weighted by molar-refractivity contribution is -0.142. The van der Waals surface area contributed by atoms with Gasteiger partial charge in [-0.15, -0.1) is 0 Å². The number of amides is 2. The van der Waals surface area contributed by atoms with E-state index in [0.717, 1.165) is 36.8 Å². The van der Waals surface area contributed by atoms with Gasteiger partial charge in [-0.05, 0) is 56.0 Å². The minimum absolute atomic E-state index is 0.161. The molecule has 0 spiro atoms. The fraction of sp³-hybridized carbons (Fsp3) is 0.440. The normalized spacial score (nSPS) is 15.1. The van der Waals surface area contributed by atoms with Gasteiger partial charge < -0.3 is 15.0 Å². The van der Waals surface area contributed by atoms with Gasteiger partial charge >= 0.3 is 0 Å². The zero-order valence-corrected chi connectivity index (χ0v) is 20.1. The number of nitrogens with one attached hydrogen (secondary N) is 1. The maximum Gasteiger partial charge on any atom is 0.261 e. The van der Waals surface area contributed by atoms with Gasteiger partial charge in [0.15, 0.2) is 6.61 Å². The van der Waals surface area contributed by atoms with Crippen molar-refractivity contribution in [3.05, 3.63) is 63.6 Å². The summed E-state index contributed by atoms with van der Waals surface area (Å²) in [5, 5.41) is 4.09. The number of hydrogen-bond donors (Lipinski definition) is 1. The third-order valence-corrected chi connectivity index (χ3v) is 6.51. The van der Waals surface area contributed by atoms with Crippen molar-refractivity contribution in [2.45, 2.75) is 64.6 Å². The Labute approximate surface area is 200 Å². The van der Waals surface area contributed by atoms with E-state index < -0.39 is 6.04 Å². The number of carbonyl (C=O) groups excluding carboxylic acids is 2. The maximum atomic E-state index is 13.2. The van der Waals surface area contributed by atoms with E-state index in [0.29, 0.717) is 15.8 Å². The van der Waals surface area contributed by atoms with E-state index in [1.165, 1.54) is 11.3 Å². The smallest absolute Gasteiger partial charge is 0.261 e. The standard InChI is InChI=1S/C25H30Cl2N2O3/c1-17-8-6-7-11-23(17)32-16-24(30)29(15-19-12-13-20(26)14-22(19)27)18(2)25(31)28-21-9-4-3-5-10-21/h6-8,11-14,18,21H,3-5,9-10,15-16H2,1-2H3,(H,28,31). The highest BCUT2D eigenvalue weighted by atomic mass is 35.5. The number of rotatable bonds is 8. The molecule has 1 N–H and O–H groups in total. The number of aryl methyl sites for hydroxylation is 1. The Bertz CT molecular complexity index is 945. The van der Waals surface area contributed by atoms with Gasteiger partial charge in [0.05, 0.1) is 0 Å². The number of para-hydroxylation sites is 1. The number of nitrogens with zero attached hydrogens (tertiary/aromatic N) is 1. The lowest BCUT2D eigenvalue weighted by Gasteiger charge is -2.31. The van der Waals surface area contributed by atoms with Crippen molar-refractivity contribution < 1.29 is 14.3 Å². The second kappa shape index (κ2) is 11.6. The van der Waals surface area contributed by atoms with Gasteiger partial charge in [-0.25, -0.2) is 0 Å². The van der Waals surface area contributed by atoms with E-state index in [1.807, 2.05) is 31.2 Å². The Hall–Kier alpha value is -2.24. The molecule has 32 heavy (non-hydrogen) atoms. The molecular weight excluding hydrogens is 447 g/mol. The average molecular weight is 477 g/mol. The summed E-state index contributed by atoms with van der Waals surface area (Å²) in [6.07, 6.45) is 5.40. The fourth-order valence-corrected chi connectivity index (χ4v) is 4.39. The molecule has 0 bridgehead atoms. The number of benzene rings is 2. The second-order valence-electron chi connectivity index (χ2n) is 8.33. The third-order valence-electron chi connectivity index (χ3n) is 5.92. The molecule has 1 aliphatic carbocycles. The minimum atomic E-state index is -0.670. The number of ether oxygens (including phenoxy) is 1. The molecule has 1 fully saturated rings. The van der Waals surface area contributed by atoms with Crippen LogP contribution in [0.4, 0.5) is 0 Å². The number of carbonyl (C=O) groups is 2. The Kier molecular flexibility index (Phi) is 8.83. The molecule has 172 valence electrons. The quantitative estimate of drug-likeness (QED) is 0.543. The summed E-state index contributed by atoms with van der Waals surface area (Å²) in [5.41, 5.74) is 1.66. The van der Waals surface area contributed by atoms with E-state index in [1.54, 1.807) is 25.1 Å². The first kappa shape index (κ1) is 24.4. The van der Waals surface area contributed by atoms with E-state index in [4.69, 9.17) is 27.9 Å². The minimum Gasteiger partial charge on any atom is -0.484 e. The van der Waals surface area contributed by atoms with Crippen LogP contribution in [0.3, 0.4) is 0 Å². The Balaban J connectivity index is 1.75. The molecule has 0 heterocycles. The highest BCUT2D eigenvalue weighted by molar-refractivity contribution is 6.35. The van der Waals surface area contributed by atoms with Gasteiger partial charge in [-0.1, -0.05) is 66.7 Å². The SMILES string of the molecule is Cc1ccccc1OCC(=O)N(Cc1ccc(Cl)cc1Cl)C(C)C(=O)NC1CCCCC1. The summed E-state index contributed by atoms with van der Waals surface area (Å²) in [4.78, 5) is 27.7. The maximum absolute atomic E-state index is 13.2. The summed E-state index contributed by atoms with van der Waals surface area (Å²) in [6, 6.07) is 12.1. The van der Waals surface area contributed by atoms with Crippen LogP contribution in [-0.2, 0) is 16.1 Å². The van der Waals surface area contributed by atoms with Gasteiger partial charge in [0, 0.05) is 22.6 Å². The van der Waals surface area contributed by atoms with Crippen molar-refractivity contribution in [2.24, 2.45) is 0 Å². The number of halogens is 2. The highest BCUT2D eigenvalue weighted by Gasteiger charge is 2.29. The molecule has 5 nitrogen and oxygen atoms in total. The predicted octanol–water partition coefficient (Wildman–Crippen LogP) is 5.55.